The smallest absolute Gasteiger partial charge is 0.328 e. The van der Waals surface area contributed by atoms with Gasteiger partial charge >= 0.3 is 12.0 Å². The van der Waals surface area contributed by atoms with Gasteiger partial charge in [-0.2, -0.15) is 0 Å². The van der Waals surface area contributed by atoms with Crippen LogP contribution in [0.3, 0.4) is 0 Å². The molecule has 2 unspecified atom stereocenters. The number of aliphatic carboxylic acids is 1. The molecule has 2 atom stereocenters. The first-order chi connectivity index (χ1) is 10.0. The number of carbonyl (C=O) groups excluding carboxylic acids is 1. The lowest BCUT2D eigenvalue weighted by molar-refractivity contribution is -0.131. The van der Waals surface area contributed by atoms with E-state index in [-0.39, 0.29) is 12.1 Å². The highest BCUT2D eigenvalue weighted by Gasteiger charge is 2.24. The highest BCUT2D eigenvalue weighted by atomic mass is 16.4. The van der Waals surface area contributed by atoms with Crippen LogP contribution in [-0.4, -0.2) is 23.1 Å². The number of hydrogen-bond acceptors (Lipinski definition) is 2. The molecule has 0 radical (unpaired) electrons. The lowest BCUT2D eigenvalue weighted by Gasteiger charge is -2.17. The molecule has 1 fully saturated rings. The van der Waals surface area contributed by atoms with Crippen LogP contribution < -0.4 is 10.6 Å². The average molecular weight is 288 g/mol. The van der Waals surface area contributed by atoms with Crippen molar-refractivity contribution >= 4 is 23.8 Å². The summed E-state index contributed by atoms with van der Waals surface area (Å²) < 4.78 is 0. The van der Waals surface area contributed by atoms with E-state index in [1.54, 1.807) is 24.3 Å². The largest absolute Gasteiger partial charge is 0.478 e. The summed E-state index contributed by atoms with van der Waals surface area (Å²) in [6, 6.07) is 7.07. The second-order valence-corrected chi connectivity index (χ2v) is 5.41. The van der Waals surface area contributed by atoms with Gasteiger partial charge in [0.25, 0.3) is 0 Å². The maximum atomic E-state index is 11.9. The quantitative estimate of drug-likeness (QED) is 0.745. The number of anilines is 1. The molecule has 0 aliphatic heterocycles. The van der Waals surface area contributed by atoms with Crippen LogP contribution in [0.25, 0.3) is 6.08 Å². The summed E-state index contributed by atoms with van der Waals surface area (Å²) in [4.78, 5) is 22.3. The molecule has 112 valence electrons. The van der Waals surface area contributed by atoms with Crippen LogP contribution in [0.1, 0.15) is 31.7 Å². The van der Waals surface area contributed by atoms with E-state index in [4.69, 9.17) is 5.11 Å². The topological polar surface area (TPSA) is 78.4 Å². The van der Waals surface area contributed by atoms with E-state index in [0.717, 1.165) is 30.9 Å². The van der Waals surface area contributed by atoms with Crippen molar-refractivity contribution in [2.24, 2.45) is 5.92 Å². The molecule has 0 saturated heterocycles. The van der Waals surface area contributed by atoms with Crippen LogP contribution in [0.2, 0.25) is 0 Å². The van der Waals surface area contributed by atoms with Crippen molar-refractivity contribution in [3.8, 4) is 0 Å². The van der Waals surface area contributed by atoms with Gasteiger partial charge in [0.1, 0.15) is 0 Å². The van der Waals surface area contributed by atoms with Crippen LogP contribution in [0.5, 0.6) is 0 Å². The first-order valence-corrected chi connectivity index (χ1v) is 7.13. The molecule has 1 aromatic rings. The molecule has 1 aromatic carbocycles. The number of rotatable bonds is 4. The Kier molecular flexibility index (Phi) is 4.98. The summed E-state index contributed by atoms with van der Waals surface area (Å²) in [6.07, 6.45) is 5.95. The number of carboxylic acids is 1. The van der Waals surface area contributed by atoms with E-state index in [1.165, 1.54) is 6.08 Å². The van der Waals surface area contributed by atoms with E-state index in [1.807, 2.05) is 0 Å². The van der Waals surface area contributed by atoms with Crippen molar-refractivity contribution in [3.63, 3.8) is 0 Å². The number of amides is 2. The third kappa shape index (κ3) is 4.63. The molecule has 0 spiro atoms. The van der Waals surface area contributed by atoms with Gasteiger partial charge in [-0.1, -0.05) is 25.5 Å². The second-order valence-electron chi connectivity index (χ2n) is 5.41. The van der Waals surface area contributed by atoms with Crippen molar-refractivity contribution < 1.29 is 14.7 Å². The fourth-order valence-corrected chi connectivity index (χ4v) is 2.54. The first-order valence-electron chi connectivity index (χ1n) is 7.13. The summed E-state index contributed by atoms with van der Waals surface area (Å²) >= 11 is 0. The number of urea groups is 1. The standard InChI is InChI=1S/C16H20N2O3/c1-11-3-2-4-14(11)18-16(21)17-13-8-5-12(6-9-13)7-10-15(19)20/h5-11,14H,2-4H2,1H3,(H,19,20)(H2,17,18,21). The molecule has 1 aliphatic rings. The minimum atomic E-state index is -0.984. The number of carboxylic acid groups (broad SMARTS) is 1. The predicted octanol–water partition coefficient (Wildman–Crippen LogP) is 3.09. The highest BCUT2D eigenvalue weighted by Crippen LogP contribution is 2.24. The molecule has 2 rings (SSSR count). The van der Waals surface area contributed by atoms with Crippen molar-refractivity contribution in [2.45, 2.75) is 32.2 Å². The van der Waals surface area contributed by atoms with Gasteiger partial charge in [0.05, 0.1) is 0 Å². The van der Waals surface area contributed by atoms with Gasteiger partial charge in [0.2, 0.25) is 0 Å². The Morgan fingerprint density at radius 1 is 1.24 bits per heavy atom. The lowest BCUT2D eigenvalue weighted by atomic mass is 10.1. The molecule has 5 heteroatoms. The van der Waals surface area contributed by atoms with Gasteiger partial charge in [0.15, 0.2) is 0 Å². The van der Waals surface area contributed by atoms with E-state index in [0.29, 0.717) is 11.6 Å². The summed E-state index contributed by atoms with van der Waals surface area (Å²) in [7, 11) is 0. The molecule has 5 nitrogen and oxygen atoms in total. The Labute approximate surface area is 124 Å². The molecular formula is C16H20N2O3. The molecule has 21 heavy (non-hydrogen) atoms. The minimum Gasteiger partial charge on any atom is -0.478 e. The van der Waals surface area contributed by atoms with Gasteiger partial charge in [-0.3, -0.25) is 0 Å². The van der Waals surface area contributed by atoms with Crippen LogP contribution in [0, 0.1) is 5.92 Å². The van der Waals surface area contributed by atoms with Crippen molar-refractivity contribution in [1.29, 1.82) is 0 Å². The monoisotopic (exact) mass is 288 g/mol. The Morgan fingerprint density at radius 2 is 1.95 bits per heavy atom. The zero-order chi connectivity index (χ0) is 15.2. The average Bonchev–Trinajstić information content (AvgIpc) is 2.83. The van der Waals surface area contributed by atoms with Gasteiger partial charge in [-0.05, 0) is 42.5 Å². The van der Waals surface area contributed by atoms with E-state index < -0.39 is 5.97 Å². The molecule has 0 aromatic heterocycles. The van der Waals surface area contributed by atoms with Crippen LogP contribution in [0.15, 0.2) is 30.3 Å². The minimum absolute atomic E-state index is 0.192. The molecule has 1 aliphatic carbocycles. The van der Waals surface area contributed by atoms with Crippen molar-refractivity contribution in [1.82, 2.24) is 5.32 Å². The third-order valence-corrected chi connectivity index (χ3v) is 3.76. The number of benzene rings is 1. The Balaban J connectivity index is 1.87. The third-order valence-electron chi connectivity index (χ3n) is 3.76. The predicted molar refractivity (Wildman–Crippen MR) is 82.1 cm³/mol. The molecule has 0 bridgehead atoms. The fourth-order valence-electron chi connectivity index (χ4n) is 2.54. The summed E-state index contributed by atoms with van der Waals surface area (Å²) in [6.45, 7) is 2.15. The van der Waals surface area contributed by atoms with Gasteiger partial charge in [0, 0.05) is 17.8 Å². The Bertz CT molecular complexity index is 537. The van der Waals surface area contributed by atoms with Gasteiger partial charge in [-0.15, -0.1) is 0 Å². The van der Waals surface area contributed by atoms with Gasteiger partial charge < -0.3 is 15.7 Å². The Hall–Kier alpha value is -2.30. The highest BCUT2D eigenvalue weighted by molar-refractivity contribution is 5.90. The number of nitrogens with one attached hydrogen (secondary N) is 2. The van der Waals surface area contributed by atoms with Crippen molar-refractivity contribution in [2.75, 3.05) is 5.32 Å². The maximum absolute atomic E-state index is 11.9. The first kappa shape index (κ1) is 15.1. The van der Waals surface area contributed by atoms with Crippen LogP contribution >= 0.6 is 0 Å². The van der Waals surface area contributed by atoms with E-state index in [9.17, 15) is 9.59 Å². The molecule has 1 saturated carbocycles. The zero-order valence-corrected chi connectivity index (χ0v) is 12.0. The second kappa shape index (κ2) is 6.92. The summed E-state index contributed by atoms with van der Waals surface area (Å²) in [5.41, 5.74) is 1.46. The maximum Gasteiger partial charge on any atom is 0.328 e. The number of hydrogen-bond donors (Lipinski definition) is 3. The summed E-state index contributed by atoms with van der Waals surface area (Å²) in [5.74, 6) is -0.457. The SMILES string of the molecule is CC1CCCC1NC(=O)Nc1ccc(C=CC(=O)O)cc1. The van der Waals surface area contributed by atoms with E-state index in [2.05, 4.69) is 17.6 Å². The van der Waals surface area contributed by atoms with Crippen LogP contribution in [-0.2, 0) is 4.79 Å². The van der Waals surface area contributed by atoms with E-state index >= 15 is 0 Å². The zero-order valence-electron chi connectivity index (χ0n) is 12.0. The molecule has 0 heterocycles. The van der Waals surface area contributed by atoms with Crippen molar-refractivity contribution in [3.05, 3.63) is 35.9 Å². The molecule has 3 N–H and O–H groups in total. The lowest BCUT2D eigenvalue weighted by Crippen LogP contribution is -2.39. The molecule has 2 amide bonds. The summed E-state index contributed by atoms with van der Waals surface area (Å²) in [5, 5.41) is 14.3. The van der Waals surface area contributed by atoms with Gasteiger partial charge in [-0.25, -0.2) is 9.59 Å². The molecular weight excluding hydrogens is 268 g/mol. The van der Waals surface area contributed by atoms with Crippen LogP contribution in [0.4, 0.5) is 10.5 Å². The number of carbonyl (C=O) groups is 2. The Morgan fingerprint density at radius 3 is 2.52 bits per heavy atom. The normalized spacial score (nSPS) is 21.4. The fraction of sp³-hybridized carbons (Fsp3) is 0.375.